The van der Waals surface area contributed by atoms with Gasteiger partial charge in [-0.2, -0.15) is 0 Å². The van der Waals surface area contributed by atoms with Gasteiger partial charge in [-0.1, -0.05) is 0 Å². The molecule has 0 bridgehead atoms. The van der Waals surface area contributed by atoms with Gasteiger partial charge in [-0.05, 0) is 42.0 Å². The second-order valence-corrected chi connectivity index (χ2v) is 5.41. The van der Waals surface area contributed by atoms with Crippen molar-refractivity contribution in [2.45, 2.75) is 12.5 Å². The first-order valence-corrected chi connectivity index (χ1v) is 7.36. The van der Waals surface area contributed by atoms with Crippen molar-refractivity contribution in [1.82, 2.24) is 9.97 Å². The van der Waals surface area contributed by atoms with Crippen molar-refractivity contribution in [1.29, 1.82) is 0 Å². The van der Waals surface area contributed by atoms with Gasteiger partial charge in [-0.25, -0.2) is 0 Å². The number of rotatable bonds is 3. The van der Waals surface area contributed by atoms with Crippen molar-refractivity contribution >= 4 is 23.2 Å². The second kappa shape index (κ2) is 5.22. The van der Waals surface area contributed by atoms with Crippen LogP contribution >= 0.6 is 0 Å². The normalized spacial score (nSPS) is 19.3. The molecule has 3 heterocycles. The standard InChI is InChI=1S/C18H17N3O/c1-22-18-13(4-5-15-14(18)7-10-20-15)11-12-6-9-21-17(12)16-3-2-8-19-16/h2-5,7-11,17,19-20H,6H2,1H3. The van der Waals surface area contributed by atoms with Crippen LogP contribution in [0.2, 0.25) is 0 Å². The molecule has 0 aliphatic carbocycles. The lowest BCUT2D eigenvalue weighted by atomic mass is 10.0. The molecule has 0 spiro atoms. The molecular formula is C18H17N3O. The smallest absolute Gasteiger partial charge is 0.135 e. The molecule has 0 fully saturated rings. The van der Waals surface area contributed by atoms with Crippen LogP contribution in [-0.2, 0) is 0 Å². The summed E-state index contributed by atoms with van der Waals surface area (Å²) in [4.78, 5) is 11.1. The number of methoxy groups -OCH3 is 1. The van der Waals surface area contributed by atoms with Crippen molar-refractivity contribution in [2.75, 3.05) is 7.11 Å². The number of hydrogen-bond donors (Lipinski definition) is 2. The lowest BCUT2D eigenvalue weighted by Gasteiger charge is -2.11. The fourth-order valence-corrected chi connectivity index (χ4v) is 3.07. The van der Waals surface area contributed by atoms with Crippen LogP contribution in [0.4, 0.5) is 0 Å². The summed E-state index contributed by atoms with van der Waals surface area (Å²) in [6, 6.07) is 10.4. The zero-order chi connectivity index (χ0) is 14.9. The molecule has 0 amide bonds. The molecule has 1 atom stereocenters. The van der Waals surface area contributed by atoms with Gasteiger partial charge in [0.15, 0.2) is 0 Å². The van der Waals surface area contributed by atoms with Gasteiger partial charge in [0, 0.05) is 47.2 Å². The number of H-pyrrole nitrogens is 2. The molecule has 4 rings (SSSR count). The summed E-state index contributed by atoms with van der Waals surface area (Å²) in [6.45, 7) is 0. The van der Waals surface area contributed by atoms with Gasteiger partial charge in [0.05, 0.1) is 7.11 Å². The van der Waals surface area contributed by atoms with Gasteiger partial charge in [-0.15, -0.1) is 0 Å². The highest BCUT2D eigenvalue weighted by atomic mass is 16.5. The van der Waals surface area contributed by atoms with E-state index in [1.54, 1.807) is 7.11 Å². The predicted molar refractivity (Wildman–Crippen MR) is 89.5 cm³/mol. The molecule has 0 radical (unpaired) electrons. The van der Waals surface area contributed by atoms with E-state index in [0.29, 0.717) is 0 Å². The molecule has 2 N–H and O–H groups in total. The number of hydrogen-bond acceptors (Lipinski definition) is 2. The molecule has 2 aromatic heterocycles. The maximum absolute atomic E-state index is 5.64. The Kier molecular flexibility index (Phi) is 3.07. The van der Waals surface area contributed by atoms with E-state index in [9.17, 15) is 0 Å². The fourth-order valence-electron chi connectivity index (χ4n) is 3.07. The van der Waals surface area contributed by atoms with Crippen LogP contribution in [0.5, 0.6) is 5.75 Å². The first-order valence-electron chi connectivity index (χ1n) is 7.36. The summed E-state index contributed by atoms with van der Waals surface area (Å²) in [5.74, 6) is 0.906. The predicted octanol–water partition coefficient (Wildman–Crippen LogP) is 4.10. The third kappa shape index (κ3) is 2.04. The van der Waals surface area contributed by atoms with E-state index < -0.39 is 0 Å². The van der Waals surface area contributed by atoms with Crippen LogP contribution in [0.1, 0.15) is 23.7 Å². The highest BCUT2D eigenvalue weighted by Crippen LogP contribution is 2.36. The molecule has 3 aromatic rings. The van der Waals surface area contributed by atoms with Crippen LogP contribution in [0, 0.1) is 0 Å². The highest BCUT2D eigenvalue weighted by Gasteiger charge is 2.20. The first kappa shape index (κ1) is 13.0. The summed E-state index contributed by atoms with van der Waals surface area (Å²) in [7, 11) is 1.72. The number of aromatic nitrogens is 2. The second-order valence-electron chi connectivity index (χ2n) is 5.41. The molecule has 110 valence electrons. The van der Waals surface area contributed by atoms with E-state index in [4.69, 9.17) is 4.74 Å². The van der Waals surface area contributed by atoms with Crippen molar-refractivity contribution in [2.24, 2.45) is 4.99 Å². The summed E-state index contributed by atoms with van der Waals surface area (Å²) < 4.78 is 5.64. The number of aliphatic imine (C=N–C) groups is 1. The Morgan fingerprint density at radius 2 is 2.14 bits per heavy atom. The minimum absolute atomic E-state index is 0.0848. The maximum Gasteiger partial charge on any atom is 0.135 e. The Labute approximate surface area is 128 Å². The van der Waals surface area contributed by atoms with Crippen molar-refractivity contribution in [3.05, 3.63) is 59.6 Å². The van der Waals surface area contributed by atoms with Gasteiger partial charge in [0.25, 0.3) is 0 Å². The summed E-state index contributed by atoms with van der Waals surface area (Å²) in [5, 5.41) is 1.10. The Morgan fingerprint density at radius 3 is 2.95 bits per heavy atom. The minimum Gasteiger partial charge on any atom is -0.495 e. The third-order valence-electron chi connectivity index (χ3n) is 4.11. The largest absolute Gasteiger partial charge is 0.495 e. The summed E-state index contributed by atoms with van der Waals surface area (Å²) in [6.07, 6.45) is 8.93. The zero-order valence-corrected chi connectivity index (χ0v) is 12.3. The van der Waals surface area contributed by atoms with Crippen LogP contribution in [0.3, 0.4) is 0 Å². The molecule has 0 saturated heterocycles. The van der Waals surface area contributed by atoms with E-state index in [0.717, 1.165) is 34.3 Å². The quantitative estimate of drug-likeness (QED) is 0.750. The molecule has 1 aliphatic heterocycles. The van der Waals surface area contributed by atoms with Crippen molar-refractivity contribution in [3.8, 4) is 5.75 Å². The van der Waals surface area contributed by atoms with Crippen molar-refractivity contribution < 1.29 is 4.74 Å². The van der Waals surface area contributed by atoms with Crippen molar-refractivity contribution in [3.63, 3.8) is 0 Å². The Morgan fingerprint density at radius 1 is 1.18 bits per heavy atom. The lowest BCUT2D eigenvalue weighted by Crippen LogP contribution is -1.96. The zero-order valence-electron chi connectivity index (χ0n) is 12.3. The maximum atomic E-state index is 5.64. The molecule has 22 heavy (non-hydrogen) atoms. The number of ether oxygens (including phenoxy) is 1. The molecule has 4 nitrogen and oxygen atoms in total. The van der Waals surface area contributed by atoms with Crippen LogP contribution in [0.15, 0.2) is 53.3 Å². The van der Waals surface area contributed by atoms with E-state index >= 15 is 0 Å². The number of aromatic amines is 2. The monoisotopic (exact) mass is 291 g/mol. The topological polar surface area (TPSA) is 53.2 Å². The highest BCUT2D eigenvalue weighted by molar-refractivity contribution is 5.90. The molecule has 1 unspecified atom stereocenters. The number of nitrogens with one attached hydrogen (secondary N) is 2. The van der Waals surface area contributed by atoms with E-state index in [-0.39, 0.29) is 6.04 Å². The van der Waals surface area contributed by atoms with Gasteiger partial charge in [0.1, 0.15) is 11.8 Å². The molecule has 0 saturated carbocycles. The first-order chi connectivity index (χ1) is 10.9. The molecule has 1 aliphatic rings. The third-order valence-corrected chi connectivity index (χ3v) is 4.11. The van der Waals surface area contributed by atoms with Crippen LogP contribution in [-0.4, -0.2) is 23.3 Å². The lowest BCUT2D eigenvalue weighted by molar-refractivity contribution is 0.419. The van der Waals surface area contributed by atoms with Gasteiger partial charge in [-0.3, -0.25) is 4.99 Å². The summed E-state index contributed by atoms with van der Waals surface area (Å²) >= 11 is 0. The number of benzene rings is 1. The molecule has 4 heteroatoms. The Balaban J connectivity index is 1.79. The average molecular weight is 291 g/mol. The van der Waals surface area contributed by atoms with Crippen LogP contribution < -0.4 is 4.74 Å². The number of fused-ring (bicyclic) bond motifs is 1. The molecule has 1 aromatic carbocycles. The Bertz CT molecular complexity index is 856. The van der Waals surface area contributed by atoms with E-state index in [2.05, 4.69) is 39.2 Å². The summed E-state index contributed by atoms with van der Waals surface area (Å²) in [5.41, 5.74) is 4.58. The van der Waals surface area contributed by atoms with Gasteiger partial charge < -0.3 is 14.7 Å². The average Bonchev–Trinajstić information content (AvgIpc) is 3.27. The number of nitrogens with zero attached hydrogens (tertiary/aromatic N) is 1. The van der Waals surface area contributed by atoms with Crippen LogP contribution in [0.25, 0.3) is 17.0 Å². The Hall–Kier alpha value is -2.75. The SMILES string of the molecule is COc1c(C=C2CC=NC2c2ccc[nH]2)ccc2[nH]ccc12. The molecular weight excluding hydrogens is 274 g/mol. The van der Waals surface area contributed by atoms with E-state index in [1.165, 1.54) is 5.57 Å². The van der Waals surface area contributed by atoms with Gasteiger partial charge in [0.2, 0.25) is 0 Å². The fraction of sp³-hybridized carbons (Fsp3) is 0.167. The van der Waals surface area contributed by atoms with Gasteiger partial charge >= 0.3 is 0 Å². The minimum atomic E-state index is 0.0848. The van der Waals surface area contributed by atoms with E-state index in [1.807, 2.05) is 30.7 Å².